The molecule has 6 heteroatoms. The maximum Gasteiger partial charge on any atom is 0.498 e. The lowest BCUT2D eigenvalue weighted by molar-refractivity contribution is 0.00578. The first-order valence-corrected chi connectivity index (χ1v) is 7.47. The average molecular weight is 310 g/mol. The Balaban J connectivity index is 2.39. The van der Waals surface area contributed by atoms with Gasteiger partial charge in [-0.05, 0) is 47.6 Å². The Hall–Kier alpha value is -1.27. The third-order valence-corrected chi connectivity index (χ3v) is 4.17. The van der Waals surface area contributed by atoms with Crippen LogP contribution in [0.25, 0.3) is 0 Å². The van der Waals surface area contributed by atoms with E-state index in [0.717, 1.165) is 0 Å². The second-order valence-corrected chi connectivity index (χ2v) is 6.76. The maximum atomic E-state index is 14.6. The summed E-state index contributed by atoms with van der Waals surface area (Å²) < 4.78 is 37.2. The van der Waals surface area contributed by atoms with Gasteiger partial charge < -0.3 is 18.8 Å². The van der Waals surface area contributed by atoms with Crippen molar-refractivity contribution in [1.82, 2.24) is 0 Å². The molecule has 1 aliphatic heterocycles. The minimum absolute atomic E-state index is 0.0941. The largest absolute Gasteiger partial charge is 0.498 e. The summed E-state index contributed by atoms with van der Waals surface area (Å²) >= 11 is 0. The van der Waals surface area contributed by atoms with Gasteiger partial charge in [-0.3, -0.25) is 0 Å². The molecule has 0 bridgehead atoms. The summed E-state index contributed by atoms with van der Waals surface area (Å²) in [6, 6.07) is 3.31. The third kappa shape index (κ3) is 2.94. The zero-order valence-corrected chi connectivity index (χ0v) is 14.3. The molecule has 1 aromatic carbocycles. The van der Waals surface area contributed by atoms with E-state index in [-0.39, 0.29) is 17.6 Å². The lowest BCUT2D eigenvalue weighted by Crippen LogP contribution is -2.41. The van der Waals surface area contributed by atoms with Crippen LogP contribution in [-0.2, 0) is 9.31 Å². The molecule has 0 radical (unpaired) electrons. The molecule has 122 valence electrons. The monoisotopic (exact) mass is 310 g/mol. The van der Waals surface area contributed by atoms with Crippen molar-refractivity contribution >= 4 is 12.6 Å². The Morgan fingerprint density at radius 3 is 2.09 bits per heavy atom. The Kier molecular flexibility index (Phi) is 4.46. The first-order chi connectivity index (χ1) is 10.1. The summed E-state index contributed by atoms with van der Waals surface area (Å²) in [5, 5.41) is 0. The fourth-order valence-corrected chi connectivity index (χ4v) is 2.26. The Bertz CT molecular complexity index is 541. The predicted molar refractivity (Wildman–Crippen MR) is 84.4 cm³/mol. The standard InChI is InChI=1S/C16H24BFO4/c1-10(2)20-12-9-8-11(14(19-7)13(12)18)17-21-15(3,4)16(5,6)22-17/h8-10H,1-7H3. The number of methoxy groups -OCH3 is 1. The molecule has 4 nitrogen and oxygen atoms in total. The zero-order chi connectivity index (χ0) is 16.7. The van der Waals surface area contributed by atoms with E-state index in [2.05, 4.69) is 0 Å². The number of hydrogen-bond donors (Lipinski definition) is 0. The van der Waals surface area contributed by atoms with Crippen LogP contribution >= 0.6 is 0 Å². The van der Waals surface area contributed by atoms with Gasteiger partial charge in [-0.25, -0.2) is 0 Å². The van der Waals surface area contributed by atoms with Crippen molar-refractivity contribution in [1.29, 1.82) is 0 Å². The van der Waals surface area contributed by atoms with E-state index in [4.69, 9.17) is 18.8 Å². The van der Waals surface area contributed by atoms with Crippen LogP contribution in [0, 0.1) is 5.82 Å². The molecule has 1 aromatic rings. The van der Waals surface area contributed by atoms with Crippen molar-refractivity contribution in [3.05, 3.63) is 17.9 Å². The van der Waals surface area contributed by atoms with Gasteiger partial charge in [-0.15, -0.1) is 0 Å². The highest BCUT2D eigenvalue weighted by atomic mass is 19.1. The molecule has 0 atom stereocenters. The van der Waals surface area contributed by atoms with E-state index < -0.39 is 24.1 Å². The van der Waals surface area contributed by atoms with Crippen molar-refractivity contribution in [2.75, 3.05) is 7.11 Å². The molecule has 0 N–H and O–H groups in total. The fraction of sp³-hybridized carbons (Fsp3) is 0.625. The molecule has 0 aromatic heterocycles. The predicted octanol–water partition coefficient (Wildman–Crippen LogP) is 2.92. The summed E-state index contributed by atoms with van der Waals surface area (Å²) in [5.41, 5.74) is -0.465. The van der Waals surface area contributed by atoms with Gasteiger partial charge >= 0.3 is 7.12 Å². The van der Waals surface area contributed by atoms with E-state index >= 15 is 0 Å². The van der Waals surface area contributed by atoms with E-state index in [9.17, 15) is 4.39 Å². The van der Waals surface area contributed by atoms with Gasteiger partial charge in [0.05, 0.1) is 24.4 Å². The molecule has 1 fully saturated rings. The fourth-order valence-electron chi connectivity index (χ4n) is 2.26. The average Bonchev–Trinajstić information content (AvgIpc) is 2.60. The molecule has 22 heavy (non-hydrogen) atoms. The molecular formula is C16H24BFO4. The van der Waals surface area contributed by atoms with Crippen LogP contribution in [0.1, 0.15) is 41.5 Å². The normalized spacial score (nSPS) is 19.6. The van der Waals surface area contributed by atoms with Crippen LogP contribution in [0.2, 0.25) is 0 Å². The van der Waals surface area contributed by atoms with Gasteiger partial charge in [-0.1, -0.05) is 6.07 Å². The highest BCUT2D eigenvalue weighted by Gasteiger charge is 2.52. The van der Waals surface area contributed by atoms with E-state index in [1.807, 2.05) is 41.5 Å². The van der Waals surface area contributed by atoms with E-state index in [1.165, 1.54) is 7.11 Å². The quantitative estimate of drug-likeness (QED) is 0.801. The highest BCUT2D eigenvalue weighted by molar-refractivity contribution is 6.63. The molecule has 0 spiro atoms. The van der Waals surface area contributed by atoms with Crippen LogP contribution in [-0.4, -0.2) is 31.5 Å². The molecule has 2 rings (SSSR count). The zero-order valence-electron chi connectivity index (χ0n) is 14.3. The number of halogens is 1. The summed E-state index contributed by atoms with van der Waals surface area (Å²) in [4.78, 5) is 0. The van der Waals surface area contributed by atoms with Crippen LogP contribution in [0.4, 0.5) is 4.39 Å². The van der Waals surface area contributed by atoms with Crippen LogP contribution in [0.15, 0.2) is 12.1 Å². The molecular weight excluding hydrogens is 286 g/mol. The summed E-state index contributed by atoms with van der Waals surface area (Å²) in [6.45, 7) is 11.5. The Labute approximate surface area is 132 Å². The van der Waals surface area contributed by atoms with Crippen LogP contribution in [0.5, 0.6) is 11.5 Å². The highest BCUT2D eigenvalue weighted by Crippen LogP contribution is 2.38. The molecule has 0 saturated carbocycles. The Morgan fingerprint density at radius 2 is 1.64 bits per heavy atom. The second-order valence-electron chi connectivity index (χ2n) is 6.76. The first-order valence-electron chi connectivity index (χ1n) is 7.47. The molecule has 1 saturated heterocycles. The number of benzene rings is 1. The van der Waals surface area contributed by atoms with Crippen molar-refractivity contribution < 1.29 is 23.2 Å². The lowest BCUT2D eigenvalue weighted by atomic mass is 9.78. The van der Waals surface area contributed by atoms with Crippen molar-refractivity contribution in [3.8, 4) is 11.5 Å². The third-order valence-electron chi connectivity index (χ3n) is 4.17. The van der Waals surface area contributed by atoms with Crippen LogP contribution in [0.3, 0.4) is 0 Å². The topological polar surface area (TPSA) is 36.9 Å². The number of ether oxygens (including phenoxy) is 2. The maximum absolute atomic E-state index is 14.6. The molecule has 1 aliphatic rings. The van der Waals surface area contributed by atoms with Gasteiger partial charge in [0.25, 0.3) is 0 Å². The van der Waals surface area contributed by atoms with Gasteiger partial charge in [0.1, 0.15) is 0 Å². The molecule has 0 amide bonds. The minimum Gasteiger partial charge on any atom is -0.494 e. The van der Waals surface area contributed by atoms with Gasteiger partial charge in [0, 0.05) is 5.46 Å². The van der Waals surface area contributed by atoms with Crippen molar-refractivity contribution in [3.63, 3.8) is 0 Å². The van der Waals surface area contributed by atoms with Crippen molar-refractivity contribution in [2.45, 2.75) is 58.8 Å². The van der Waals surface area contributed by atoms with E-state index in [0.29, 0.717) is 5.46 Å². The molecule has 1 heterocycles. The SMILES string of the molecule is COc1c(B2OC(C)(C)C(C)(C)O2)ccc(OC(C)C)c1F. The molecule has 0 aliphatic carbocycles. The molecule has 0 unspecified atom stereocenters. The van der Waals surface area contributed by atoms with Crippen molar-refractivity contribution in [2.24, 2.45) is 0 Å². The summed E-state index contributed by atoms with van der Waals surface area (Å²) in [7, 11) is 0.745. The number of hydrogen-bond acceptors (Lipinski definition) is 4. The summed E-state index contributed by atoms with van der Waals surface area (Å²) in [5.74, 6) is -0.285. The smallest absolute Gasteiger partial charge is 0.494 e. The Morgan fingerprint density at radius 1 is 1.09 bits per heavy atom. The van der Waals surface area contributed by atoms with Gasteiger partial charge in [0.2, 0.25) is 5.82 Å². The van der Waals surface area contributed by atoms with Gasteiger partial charge in [0.15, 0.2) is 11.5 Å². The lowest BCUT2D eigenvalue weighted by Gasteiger charge is -2.32. The minimum atomic E-state index is -0.678. The first kappa shape index (κ1) is 17.1. The number of rotatable bonds is 4. The van der Waals surface area contributed by atoms with Crippen LogP contribution < -0.4 is 14.9 Å². The summed E-state index contributed by atoms with van der Waals surface area (Å²) in [6.07, 6.45) is -0.123. The second kappa shape index (κ2) is 5.74. The van der Waals surface area contributed by atoms with Gasteiger partial charge in [-0.2, -0.15) is 4.39 Å². The van der Waals surface area contributed by atoms with E-state index in [1.54, 1.807) is 12.1 Å².